The minimum Gasteiger partial charge on any atom is -0.298 e. The van der Waals surface area contributed by atoms with Crippen LogP contribution in [0.15, 0.2) is 0 Å². The molecule has 0 aromatic rings. The Morgan fingerprint density at radius 2 is 1.92 bits per heavy atom. The predicted molar refractivity (Wildman–Crippen MR) is 52.0 cm³/mol. The molecule has 69 valence electrons. The minimum absolute atomic E-state index is 0.647. The molecule has 2 fully saturated rings. The summed E-state index contributed by atoms with van der Waals surface area (Å²) < 4.78 is 0. The first-order valence-corrected chi connectivity index (χ1v) is 5.44. The maximum Gasteiger partial charge on any atom is 0.0207 e. The van der Waals surface area contributed by atoms with Crippen LogP contribution in [-0.2, 0) is 0 Å². The van der Waals surface area contributed by atoms with E-state index < -0.39 is 0 Å². The second kappa shape index (κ2) is 3.37. The molecule has 1 nitrogen and oxygen atoms in total. The van der Waals surface area contributed by atoms with Crippen molar-refractivity contribution in [2.75, 3.05) is 13.1 Å². The second-order valence-electron chi connectivity index (χ2n) is 4.28. The molecule has 1 saturated carbocycles. The topological polar surface area (TPSA) is 3.24 Å². The third kappa shape index (κ3) is 1.28. The van der Waals surface area contributed by atoms with Gasteiger partial charge < -0.3 is 0 Å². The zero-order valence-corrected chi connectivity index (χ0v) is 8.18. The van der Waals surface area contributed by atoms with Gasteiger partial charge in [-0.15, -0.1) is 0 Å². The molecule has 12 heavy (non-hydrogen) atoms. The molecule has 0 spiro atoms. The summed E-state index contributed by atoms with van der Waals surface area (Å²) in [6.07, 6.45) is 10.8. The van der Waals surface area contributed by atoms with Crippen molar-refractivity contribution >= 4 is 0 Å². The van der Waals surface area contributed by atoms with Gasteiger partial charge in [-0.05, 0) is 58.0 Å². The standard InChI is InChI=1S/C11H20N/c1-2-11(7-6-8-11)12-9-4-3-5-10-12/h3H,2,4-10H2,1H3. The van der Waals surface area contributed by atoms with E-state index in [4.69, 9.17) is 0 Å². The Morgan fingerprint density at radius 3 is 2.33 bits per heavy atom. The number of hydrogen-bond donors (Lipinski definition) is 0. The van der Waals surface area contributed by atoms with Gasteiger partial charge >= 0.3 is 0 Å². The van der Waals surface area contributed by atoms with Gasteiger partial charge in [-0.1, -0.05) is 6.92 Å². The fourth-order valence-electron chi connectivity index (χ4n) is 2.70. The lowest BCUT2D eigenvalue weighted by Gasteiger charge is -2.51. The molecule has 1 aliphatic heterocycles. The molecule has 1 radical (unpaired) electrons. The van der Waals surface area contributed by atoms with Crippen LogP contribution in [0.5, 0.6) is 0 Å². The maximum absolute atomic E-state index is 2.75. The first-order chi connectivity index (χ1) is 5.87. The quantitative estimate of drug-likeness (QED) is 0.609. The molecule has 0 unspecified atom stereocenters. The lowest BCUT2D eigenvalue weighted by molar-refractivity contribution is 0.00582. The van der Waals surface area contributed by atoms with E-state index in [0.29, 0.717) is 5.54 Å². The Bertz CT molecular complexity index is 138. The van der Waals surface area contributed by atoms with E-state index in [2.05, 4.69) is 18.2 Å². The summed E-state index contributed by atoms with van der Waals surface area (Å²) in [6.45, 7) is 5.01. The summed E-state index contributed by atoms with van der Waals surface area (Å²) >= 11 is 0. The first-order valence-electron chi connectivity index (χ1n) is 5.44. The van der Waals surface area contributed by atoms with Gasteiger partial charge in [0.25, 0.3) is 0 Å². The van der Waals surface area contributed by atoms with Gasteiger partial charge in [-0.2, -0.15) is 0 Å². The van der Waals surface area contributed by atoms with Crippen molar-refractivity contribution in [3.8, 4) is 0 Å². The summed E-state index contributed by atoms with van der Waals surface area (Å²) in [5.74, 6) is 0. The zero-order valence-electron chi connectivity index (χ0n) is 8.18. The Balaban J connectivity index is 1.95. The lowest BCUT2D eigenvalue weighted by Crippen LogP contribution is -2.55. The molecular formula is C11H20N. The van der Waals surface area contributed by atoms with Crippen molar-refractivity contribution in [2.45, 2.75) is 51.0 Å². The third-order valence-corrected chi connectivity index (χ3v) is 3.82. The van der Waals surface area contributed by atoms with Crippen LogP contribution in [0, 0.1) is 6.42 Å². The molecule has 0 atom stereocenters. The van der Waals surface area contributed by atoms with E-state index in [1.54, 1.807) is 0 Å². The molecule has 2 aliphatic rings. The predicted octanol–water partition coefficient (Wildman–Crippen LogP) is 2.62. The molecule has 1 heterocycles. The highest BCUT2D eigenvalue weighted by Gasteiger charge is 2.40. The fraction of sp³-hybridized carbons (Fsp3) is 0.909. The molecule has 0 bridgehead atoms. The van der Waals surface area contributed by atoms with Gasteiger partial charge in [0.15, 0.2) is 0 Å². The van der Waals surface area contributed by atoms with Crippen LogP contribution < -0.4 is 0 Å². The molecular weight excluding hydrogens is 146 g/mol. The van der Waals surface area contributed by atoms with Crippen molar-refractivity contribution in [1.29, 1.82) is 0 Å². The number of likely N-dealkylation sites (tertiary alicyclic amines) is 1. The van der Waals surface area contributed by atoms with E-state index >= 15 is 0 Å². The molecule has 1 heteroatoms. The third-order valence-electron chi connectivity index (χ3n) is 3.82. The van der Waals surface area contributed by atoms with Gasteiger partial charge in [0, 0.05) is 5.54 Å². The van der Waals surface area contributed by atoms with Crippen molar-refractivity contribution < 1.29 is 0 Å². The normalized spacial score (nSPS) is 29.8. The highest BCUT2D eigenvalue weighted by atomic mass is 15.2. The van der Waals surface area contributed by atoms with E-state index in [0.717, 1.165) is 0 Å². The van der Waals surface area contributed by atoms with Gasteiger partial charge in [0.1, 0.15) is 0 Å². The molecule has 1 saturated heterocycles. The summed E-state index contributed by atoms with van der Waals surface area (Å²) in [4.78, 5) is 2.75. The van der Waals surface area contributed by atoms with Crippen LogP contribution in [0.4, 0.5) is 0 Å². The largest absolute Gasteiger partial charge is 0.298 e. The van der Waals surface area contributed by atoms with Crippen LogP contribution in [-0.4, -0.2) is 23.5 Å². The fourth-order valence-corrected chi connectivity index (χ4v) is 2.70. The Morgan fingerprint density at radius 1 is 1.25 bits per heavy atom. The van der Waals surface area contributed by atoms with Gasteiger partial charge in [-0.3, -0.25) is 4.90 Å². The zero-order chi connectivity index (χ0) is 8.44. The van der Waals surface area contributed by atoms with Gasteiger partial charge in [0.05, 0.1) is 0 Å². The highest BCUT2D eigenvalue weighted by molar-refractivity contribution is 4.98. The number of hydrogen-bond acceptors (Lipinski definition) is 1. The lowest BCUT2D eigenvalue weighted by atomic mass is 9.73. The number of piperidine rings is 1. The first kappa shape index (κ1) is 8.55. The van der Waals surface area contributed by atoms with E-state index in [1.807, 2.05) is 0 Å². The monoisotopic (exact) mass is 166 g/mol. The van der Waals surface area contributed by atoms with Crippen molar-refractivity contribution in [3.63, 3.8) is 0 Å². The number of nitrogens with zero attached hydrogens (tertiary/aromatic N) is 1. The minimum atomic E-state index is 0.647. The Labute approximate surface area is 76.1 Å². The highest BCUT2D eigenvalue weighted by Crippen LogP contribution is 2.41. The molecule has 0 N–H and O–H groups in total. The molecule has 0 amide bonds. The number of rotatable bonds is 2. The summed E-state index contributed by atoms with van der Waals surface area (Å²) in [5, 5.41) is 0. The molecule has 0 aromatic heterocycles. The van der Waals surface area contributed by atoms with Crippen molar-refractivity contribution in [3.05, 3.63) is 6.42 Å². The van der Waals surface area contributed by atoms with Crippen LogP contribution >= 0.6 is 0 Å². The van der Waals surface area contributed by atoms with Crippen molar-refractivity contribution in [2.24, 2.45) is 0 Å². The molecule has 2 rings (SSSR count). The van der Waals surface area contributed by atoms with Gasteiger partial charge in [0.2, 0.25) is 0 Å². The summed E-state index contributed by atoms with van der Waals surface area (Å²) in [6, 6.07) is 0. The van der Waals surface area contributed by atoms with E-state index in [1.165, 1.54) is 51.6 Å². The Kier molecular flexibility index (Phi) is 2.40. The van der Waals surface area contributed by atoms with Crippen LogP contribution in [0.3, 0.4) is 0 Å². The second-order valence-corrected chi connectivity index (χ2v) is 4.28. The maximum atomic E-state index is 2.75. The average Bonchev–Trinajstić information content (AvgIpc) is 2.05. The molecule has 1 aliphatic carbocycles. The summed E-state index contributed by atoms with van der Waals surface area (Å²) in [5.41, 5.74) is 0.647. The van der Waals surface area contributed by atoms with Crippen LogP contribution in [0.1, 0.15) is 45.4 Å². The smallest absolute Gasteiger partial charge is 0.0207 e. The Hall–Kier alpha value is -0.0400. The van der Waals surface area contributed by atoms with E-state index in [9.17, 15) is 0 Å². The van der Waals surface area contributed by atoms with Gasteiger partial charge in [-0.25, -0.2) is 0 Å². The average molecular weight is 166 g/mol. The van der Waals surface area contributed by atoms with Crippen LogP contribution in [0.2, 0.25) is 0 Å². The van der Waals surface area contributed by atoms with E-state index in [-0.39, 0.29) is 0 Å². The van der Waals surface area contributed by atoms with Crippen LogP contribution in [0.25, 0.3) is 0 Å². The molecule has 0 aromatic carbocycles. The van der Waals surface area contributed by atoms with Crippen molar-refractivity contribution in [1.82, 2.24) is 4.90 Å². The summed E-state index contributed by atoms with van der Waals surface area (Å²) in [7, 11) is 0. The SMILES string of the molecule is CCC1(N2CC[CH]CC2)CCC1.